The number of hydrogen-bond acceptors (Lipinski definition) is 6. The third-order valence-electron chi connectivity index (χ3n) is 4.17. The first-order valence-corrected chi connectivity index (χ1v) is 7.38. The standard InChI is InChI=1S/C15H16N4O4/c16-14(21)9-7-17-19-13(20)6-10(18-15(9)19)8-1-2-11-12(5-8)23-4-3-22-11/h1-2,5-6,9,15,17-18H,3-4,7H2,(H2,16,21). The highest BCUT2D eigenvalue weighted by Gasteiger charge is 2.42. The van der Waals surface area contributed by atoms with Crippen molar-refractivity contribution in [2.24, 2.45) is 11.7 Å². The van der Waals surface area contributed by atoms with E-state index in [0.717, 1.165) is 5.56 Å². The van der Waals surface area contributed by atoms with E-state index in [2.05, 4.69) is 10.7 Å². The van der Waals surface area contributed by atoms with E-state index in [1.54, 1.807) is 0 Å². The zero-order valence-corrected chi connectivity index (χ0v) is 12.2. The number of carbonyl (C=O) groups is 2. The summed E-state index contributed by atoms with van der Waals surface area (Å²) >= 11 is 0. The highest BCUT2D eigenvalue weighted by atomic mass is 16.6. The number of nitrogens with two attached hydrogens (primary N) is 1. The molecule has 8 heteroatoms. The summed E-state index contributed by atoms with van der Waals surface area (Å²) in [4.78, 5) is 23.8. The van der Waals surface area contributed by atoms with Crippen molar-refractivity contribution >= 4 is 17.5 Å². The lowest BCUT2D eigenvalue weighted by Crippen LogP contribution is -2.54. The number of benzene rings is 1. The molecule has 2 unspecified atom stereocenters. The molecule has 0 aromatic heterocycles. The Kier molecular flexibility index (Phi) is 3.12. The van der Waals surface area contributed by atoms with Crippen LogP contribution >= 0.6 is 0 Å². The Balaban J connectivity index is 1.66. The predicted molar refractivity (Wildman–Crippen MR) is 79.9 cm³/mol. The van der Waals surface area contributed by atoms with Crippen LogP contribution in [0.5, 0.6) is 11.5 Å². The second-order valence-corrected chi connectivity index (χ2v) is 5.58. The Hall–Kier alpha value is -2.74. The minimum Gasteiger partial charge on any atom is -0.486 e. The molecule has 0 radical (unpaired) electrons. The van der Waals surface area contributed by atoms with Gasteiger partial charge in [-0.2, -0.15) is 0 Å². The van der Waals surface area contributed by atoms with Crippen molar-refractivity contribution in [1.82, 2.24) is 15.8 Å². The maximum Gasteiger partial charge on any atom is 0.264 e. The lowest BCUT2D eigenvalue weighted by Gasteiger charge is -2.32. The molecule has 120 valence electrons. The molecular weight excluding hydrogens is 300 g/mol. The van der Waals surface area contributed by atoms with Crippen molar-refractivity contribution in [3.05, 3.63) is 29.8 Å². The summed E-state index contributed by atoms with van der Waals surface area (Å²) in [6, 6.07) is 5.47. The quantitative estimate of drug-likeness (QED) is 0.658. The van der Waals surface area contributed by atoms with Gasteiger partial charge in [-0.05, 0) is 18.2 Å². The molecule has 2 amide bonds. The van der Waals surface area contributed by atoms with Gasteiger partial charge in [0.05, 0.1) is 5.92 Å². The molecule has 4 rings (SSSR count). The maximum atomic E-state index is 12.3. The average Bonchev–Trinajstić information content (AvgIpc) is 2.99. The van der Waals surface area contributed by atoms with Crippen LogP contribution in [0.4, 0.5) is 0 Å². The van der Waals surface area contributed by atoms with Crippen LogP contribution in [-0.4, -0.2) is 42.7 Å². The molecule has 1 saturated heterocycles. The zero-order chi connectivity index (χ0) is 16.0. The van der Waals surface area contributed by atoms with Crippen molar-refractivity contribution in [2.75, 3.05) is 19.8 Å². The summed E-state index contributed by atoms with van der Waals surface area (Å²) in [5.41, 5.74) is 9.72. The first-order chi connectivity index (χ1) is 11.1. The monoisotopic (exact) mass is 316 g/mol. The van der Waals surface area contributed by atoms with Gasteiger partial charge in [-0.15, -0.1) is 0 Å². The first-order valence-electron chi connectivity index (χ1n) is 7.38. The molecule has 2 atom stereocenters. The van der Waals surface area contributed by atoms with E-state index in [1.165, 1.54) is 11.1 Å². The summed E-state index contributed by atoms with van der Waals surface area (Å²) in [5.74, 6) is 0.167. The number of ether oxygens (including phenoxy) is 2. The maximum absolute atomic E-state index is 12.3. The number of nitrogens with one attached hydrogen (secondary N) is 2. The predicted octanol–water partition coefficient (Wildman–Crippen LogP) is -0.824. The molecule has 3 aliphatic rings. The number of nitrogens with zero attached hydrogens (tertiary/aromatic N) is 1. The lowest BCUT2D eigenvalue weighted by molar-refractivity contribution is -0.132. The van der Waals surface area contributed by atoms with Gasteiger partial charge in [0.2, 0.25) is 5.91 Å². The molecule has 0 bridgehead atoms. The fourth-order valence-corrected chi connectivity index (χ4v) is 2.99. The minimum atomic E-state index is -0.492. The van der Waals surface area contributed by atoms with Crippen LogP contribution in [0.2, 0.25) is 0 Å². The topological polar surface area (TPSA) is 106 Å². The SMILES string of the molecule is NC(=O)C1CNN2C(=O)C=C(c3ccc4c(c3)OCCO4)NC12. The fourth-order valence-electron chi connectivity index (χ4n) is 2.99. The molecule has 8 nitrogen and oxygen atoms in total. The average molecular weight is 316 g/mol. The van der Waals surface area contributed by atoms with Crippen LogP contribution in [0.1, 0.15) is 5.56 Å². The molecule has 0 saturated carbocycles. The van der Waals surface area contributed by atoms with Gasteiger partial charge in [0, 0.05) is 23.9 Å². The summed E-state index contributed by atoms with van der Waals surface area (Å²) in [6.07, 6.45) is 0.992. The second kappa shape index (κ2) is 5.17. The van der Waals surface area contributed by atoms with Crippen LogP contribution < -0.4 is 25.9 Å². The number of primary amides is 1. The molecule has 23 heavy (non-hydrogen) atoms. The van der Waals surface area contributed by atoms with Gasteiger partial charge in [-0.1, -0.05) is 0 Å². The number of amides is 2. The molecule has 0 spiro atoms. The van der Waals surface area contributed by atoms with Crippen LogP contribution in [0.3, 0.4) is 0 Å². The van der Waals surface area contributed by atoms with E-state index in [4.69, 9.17) is 15.2 Å². The van der Waals surface area contributed by atoms with Crippen LogP contribution in [0, 0.1) is 5.92 Å². The number of rotatable bonds is 2. The van der Waals surface area contributed by atoms with Gasteiger partial charge >= 0.3 is 0 Å². The smallest absolute Gasteiger partial charge is 0.264 e. The van der Waals surface area contributed by atoms with E-state index in [0.29, 0.717) is 37.0 Å². The van der Waals surface area contributed by atoms with Gasteiger partial charge in [0.15, 0.2) is 11.5 Å². The lowest BCUT2D eigenvalue weighted by atomic mass is 10.0. The van der Waals surface area contributed by atoms with Crippen molar-refractivity contribution in [1.29, 1.82) is 0 Å². The van der Waals surface area contributed by atoms with Gasteiger partial charge < -0.3 is 20.5 Å². The Morgan fingerprint density at radius 3 is 2.83 bits per heavy atom. The zero-order valence-electron chi connectivity index (χ0n) is 12.2. The highest BCUT2D eigenvalue weighted by molar-refractivity contribution is 5.97. The van der Waals surface area contributed by atoms with Crippen molar-refractivity contribution in [3.63, 3.8) is 0 Å². The largest absolute Gasteiger partial charge is 0.486 e. The van der Waals surface area contributed by atoms with E-state index >= 15 is 0 Å². The van der Waals surface area contributed by atoms with Crippen molar-refractivity contribution in [2.45, 2.75) is 6.17 Å². The molecule has 1 aromatic rings. The van der Waals surface area contributed by atoms with Gasteiger partial charge in [0.1, 0.15) is 19.4 Å². The third-order valence-corrected chi connectivity index (χ3v) is 4.17. The number of hydrazine groups is 1. The number of carbonyl (C=O) groups excluding carboxylic acids is 2. The Morgan fingerprint density at radius 2 is 2.04 bits per heavy atom. The summed E-state index contributed by atoms with van der Waals surface area (Å²) in [6.45, 7) is 1.35. The molecule has 1 aromatic carbocycles. The molecule has 4 N–H and O–H groups in total. The van der Waals surface area contributed by atoms with E-state index in [9.17, 15) is 9.59 Å². The van der Waals surface area contributed by atoms with Crippen molar-refractivity contribution < 1.29 is 19.1 Å². The Bertz CT molecular complexity index is 717. The first kappa shape index (κ1) is 13.9. The Labute approximate surface area is 132 Å². The number of hydrogen-bond donors (Lipinski definition) is 3. The fraction of sp³-hybridized carbons (Fsp3) is 0.333. The van der Waals surface area contributed by atoms with E-state index < -0.39 is 18.0 Å². The second-order valence-electron chi connectivity index (χ2n) is 5.58. The van der Waals surface area contributed by atoms with Crippen LogP contribution in [0.15, 0.2) is 24.3 Å². The molecular formula is C15H16N4O4. The summed E-state index contributed by atoms with van der Waals surface area (Å²) < 4.78 is 11.1. The van der Waals surface area contributed by atoms with Crippen molar-refractivity contribution in [3.8, 4) is 11.5 Å². The van der Waals surface area contributed by atoms with Crippen LogP contribution in [0.25, 0.3) is 5.70 Å². The minimum absolute atomic E-state index is 0.220. The van der Waals surface area contributed by atoms with E-state index in [-0.39, 0.29) is 5.91 Å². The number of fused-ring (bicyclic) bond motifs is 2. The van der Waals surface area contributed by atoms with Crippen LogP contribution in [-0.2, 0) is 9.59 Å². The van der Waals surface area contributed by atoms with Gasteiger partial charge in [-0.25, -0.2) is 5.43 Å². The molecule has 0 aliphatic carbocycles. The molecule has 3 aliphatic heterocycles. The summed E-state index contributed by atoms with van der Waals surface area (Å²) in [7, 11) is 0. The van der Waals surface area contributed by atoms with Gasteiger partial charge in [0.25, 0.3) is 5.91 Å². The van der Waals surface area contributed by atoms with E-state index in [1.807, 2.05) is 18.2 Å². The molecule has 1 fully saturated rings. The summed E-state index contributed by atoms with van der Waals surface area (Å²) in [5, 5.41) is 4.61. The highest BCUT2D eigenvalue weighted by Crippen LogP contribution is 2.33. The third kappa shape index (κ3) is 2.27. The molecule has 3 heterocycles. The Morgan fingerprint density at radius 1 is 1.26 bits per heavy atom. The van der Waals surface area contributed by atoms with Gasteiger partial charge in [-0.3, -0.25) is 14.6 Å². The normalized spacial score (nSPS) is 25.5.